The molecule has 0 saturated heterocycles. The quantitative estimate of drug-likeness (QED) is 0.441. The average Bonchev–Trinajstić information content (AvgIpc) is 2.85. The van der Waals surface area contributed by atoms with Gasteiger partial charge in [-0.25, -0.2) is 4.79 Å². The molecule has 140 valence electrons. The van der Waals surface area contributed by atoms with Crippen LogP contribution in [0, 0.1) is 0 Å². The van der Waals surface area contributed by atoms with E-state index in [0.717, 1.165) is 4.90 Å². The number of methoxy groups -OCH3 is 2. The number of nitrogens with one attached hydrogen (secondary N) is 1. The molecule has 0 unspecified atom stereocenters. The van der Waals surface area contributed by atoms with E-state index >= 15 is 0 Å². The molecule has 1 aromatic carbocycles. The third kappa shape index (κ3) is 3.75. The molecule has 1 N–H and O–H groups in total. The Labute approximate surface area is 151 Å². The van der Waals surface area contributed by atoms with Gasteiger partial charge in [0.15, 0.2) is 0 Å². The zero-order valence-corrected chi connectivity index (χ0v) is 15.3. The second-order valence-electron chi connectivity index (χ2n) is 6.44. The lowest BCUT2D eigenvalue weighted by molar-refractivity contribution is -0.146. The monoisotopic (exact) mass is 362 g/mol. The van der Waals surface area contributed by atoms with Crippen LogP contribution in [0.4, 0.5) is 0 Å². The second-order valence-corrected chi connectivity index (χ2v) is 6.44. The minimum atomic E-state index is -1.23. The Morgan fingerprint density at radius 3 is 2.38 bits per heavy atom. The van der Waals surface area contributed by atoms with Gasteiger partial charge >= 0.3 is 5.97 Å². The number of nitrogens with zero attached hydrogens (tertiary/aromatic N) is 1. The molecule has 0 aliphatic carbocycles. The van der Waals surface area contributed by atoms with Gasteiger partial charge in [-0.2, -0.15) is 0 Å². The second kappa shape index (κ2) is 7.65. The molecule has 1 aromatic rings. The first-order chi connectivity index (χ1) is 12.2. The predicted molar refractivity (Wildman–Crippen MR) is 91.9 cm³/mol. The smallest absolute Gasteiger partial charge is 0.330 e. The summed E-state index contributed by atoms with van der Waals surface area (Å²) in [5.41, 5.74) is -0.607. The van der Waals surface area contributed by atoms with Crippen molar-refractivity contribution >= 4 is 23.7 Å². The SMILES string of the molecule is COCCCN1C(=O)c2ccc(C(=O)NC(C)(C)C(=O)OC)cc2C1=O. The third-order valence-corrected chi connectivity index (χ3v) is 4.08. The van der Waals surface area contributed by atoms with E-state index in [9.17, 15) is 19.2 Å². The number of esters is 1. The van der Waals surface area contributed by atoms with Gasteiger partial charge < -0.3 is 14.8 Å². The summed E-state index contributed by atoms with van der Waals surface area (Å²) in [4.78, 5) is 50.1. The molecule has 8 nitrogen and oxygen atoms in total. The van der Waals surface area contributed by atoms with Gasteiger partial charge in [-0.3, -0.25) is 19.3 Å². The maximum atomic E-state index is 12.5. The Balaban J connectivity index is 2.20. The number of benzene rings is 1. The Bertz CT molecular complexity index is 756. The molecule has 0 bridgehead atoms. The van der Waals surface area contributed by atoms with Gasteiger partial charge in [0.05, 0.1) is 18.2 Å². The maximum absolute atomic E-state index is 12.5. The number of hydrogen-bond donors (Lipinski definition) is 1. The Hall–Kier alpha value is -2.74. The van der Waals surface area contributed by atoms with Crippen LogP contribution in [0.2, 0.25) is 0 Å². The minimum Gasteiger partial charge on any atom is -0.467 e. The van der Waals surface area contributed by atoms with E-state index in [4.69, 9.17) is 4.74 Å². The van der Waals surface area contributed by atoms with Crippen LogP contribution in [-0.4, -0.2) is 61.5 Å². The number of fused-ring (bicyclic) bond motifs is 1. The first-order valence-electron chi connectivity index (χ1n) is 8.13. The molecular weight excluding hydrogens is 340 g/mol. The molecule has 26 heavy (non-hydrogen) atoms. The van der Waals surface area contributed by atoms with Gasteiger partial charge in [0.2, 0.25) is 0 Å². The van der Waals surface area contributed by atoms with Gasteiger partial charge in [-0.05, 0) is 38.5 Å². The zero-order valence-electron chi connectivity index (χ0n) is 15.3. The van der Waals surface area contributed by atoms with Crippen LogP contribution < -0.4 is 5.32 Å². The van der Waals surface area contributed by atoms with Crippen LogP contribution in [0.3, 0.4) is 0 Å². The summed E-state index contributed by atoms with van der Waals surface area (Å²) in [5, 5.41) is 2.55. The van der Waals surface area contributed by atoms with Crippen molar-refractivity contribution in [3.63, 3.8) is 0 Å². The predicted octanol–water partition coefficient (Wildman–Crippen LogP) is 1.00. The number of carbonyl (C=O) groups is 4. The van der Waals surface area contributed by atoms with E-state index in [-0.39, 0.29) is 29.1 Å². The standard InChI is InChI=1S/C18H22N2O6/c1-18(2,17(24)26-4)19-14(21)11-6-7-12-13(10-11)16(23)20(15(12)22)8-5-9-25-3/h6-7,10H,5,8-9H2,1-4H3,(H,19,21). The van der Waals surface area contributed by atoms with E-state index in [0.29, 0.717) is 13.0 Å². The molecule has 0 atom stereocenters. The van der Waals surface area contributed by atoms with Crippen molar-refractivity contribution in [3.8, 4) is 0 Å². The highest BCUT2D eigenvalue weighted by atomic mass is 16.5. The highest BCUT2D eigenvalue weighted by molar-refractivity contribution is 6.22. The molecule has 0 spiro atoms. The fourth-order valence-electron chi connectivity index (χ4n) is 2.66. The molecule has 0 fully saturated rings. The van der Waals surface area contributed by atoms with Crippen molar-refractivity contribution in [2.75, 3.05) is 27.4 Å². The third-order valence-electron chi connectivity index (χ3n) is 4.08. The zero-order chi connectivity index (χ0) is 19.5. The summed E-state index contributed by atoms with van der Waals surface area (Å²) in [6, 6.07) is 4.27. The summed E-state index contributed by atoms with van der Waals surface area (Å²) in [6.45, 7) is 3.70. The van der Waals surface area contributed by atoms with Crippen molar-refractivity contribution in [1.82, 2.24) is 10.2 Å². The van der Waals surface area contributed by atoms with Gasteiger partial charge in [0.1, 0.15) is 5.54 Å². The van der Waals surface area contributed by atoms with E-state index in [1.54, 1.807) is 7.11 Å². The minimum absolute atomic E-state index is 0.177. The Morgan fingerprint density at radius 2 is 1.77 bits per heavy atom. The molecule has 1 aliphatic rings. The lowest BCUT2D eigenvalue weighted by Crippen LogP contribution is -2.50. The first-order valence-corrected chi connectivity index (χ1v) is 8.13. The maximum Gasteiger partial charge on any atom is 0.330 e. The fourth-order valence-corrected chi connectivity index (χ4v) is 2.66. The molecule has 1 heterocycles. The molecule has 1 aliphatic heterocycles. The van der Waals surface area contributed by atoms with Gasteiger partial charge in [0, 0.05) is 25.8 Å². The first kappa shape index (κ1) is 19.6. The van der Waals surface area contributed by atoms with Crippen LogP contribution in [0.5, 0.6) is 0 Å². The summed E-state index contributed by atoms with van der Waals surface area (Å²) >= 11 is 0. The normalized spacial score (nSPS) is 13.6. The molecule has 3 amide bonds. The molecule has 8 heteroatoms. The van der Waals surface area contributed by atoms with Crippen molar-refractivity contribution < 1.29 is 28.7 Å². The van der Waals surface area contributed by atoms with E-state index in [1.807, 2.05) is 0 Å². The molecule has 2 rings (SSSR count). The van der Waals surface area contributed by atoms with Crippen molar-refractivity contribution in [1.29, 1.82) is 0 Å². The van der Waals surface area contributed by atoms with E-state index < -0.39 is 23.3 Å². The van der Waals surface area contributed by atoms with Gasteiger partial charge in [-0.15, -0.1) is 0 Å². The molecule has 0 aromatic heterocycles. The van der Waals surface area contributed by atoms with Gasteiger partial charge in [0.25, 0.3) is 17.7 Å². The number of imide groups is 1. The number of hydrogen-bond acceptors (Lipinski definition) is 6. The molecule has 0 radical (unpaired) electrons. The van der Waals surface area contributed by atoms with Gasteiger partial charge in [-0.1, -0.05) is 0 Å². The Morgan fingerprint density at radius 1 is 1.12 bits per heavy atom. The van der Waals surface area contributed by atoms with Crippen molar-refractivity contribution in [2.45, 2.75) is 25.8 Å². The van der Waals surface area contributed by atoms with Crippen molar-refractivity contribution in [2.24, 2.45) is 0 Å². The summed E-state index contributed by atoms with van der Waals surface area (Å²) in [6.07, 6.45) is 0.530. The summed E-state index contributed by atoms with van der Waals surface area (Å²) < 4.78 is 9.58. The molecular formula is C18H22N2O6. The van der Waals surface area contributed by atoms with Crippen LogP contribution in [0.15, 0.2) is 18.2 Å². The Kier molecular flexibility index (Phi) is 5.76. The number of rotatable bonds is 7. The van der Waals surface area contributed by atoms with E-state index in [1.165, 1.54) is 39.2 Å². The number of carbonyl (C=O) groups excluding carboxylic acids is 4. The van der Waals surface area contributed by atoms with Crippen LogP contribution in [0.1, 0.15) is 51.3 Å². The highest BCUT2D eigenvalue weighted by Crippen LogP contribution is 2.24. The fraction of sp³-hybridized carbons (Fsp3) is 0.444. The summed E-state index contributed by atoms with van der Waals surface area (Å²) in [7, 11) is 2.77. The van der Waals surface area contributed by atoms with Crippen LogP contribution in [-0.2, 0) is 14.3 Å². The van der Waals surface area contributed by atoms with E-state index in [2.05, 4.69) is 10.1 Å². The largest absolute Gasteiger partial charge is 0.467 e. The summed E-state index contributed by atoms with van der Waals surface area (Å²) in [5.74, 6) is -1.96. The lowest BCUT2D eigenvalue weighted by atomic mass is 10.0. The number of amides is 3. The highest BCUT2D eigenvalue weighted by Gasteiger charge is 2.36. The lowest BCUT2D eigenvalue weighted by Gasteiger charge is -2.23. The van der Waals surface area contributed by atoms with Crippen LogP contribution >= 0.6 is 0 Å². The van der Waals surface area contributed by atoms with Crippen molar-refractivity contribution in [3.05, 3.63) is 34.9 Å². The molecule has 0 saturated carbocycles. The average molecular weight is 362 g/mol. The topological polar surface area (TPSA) is 102 Å². The number of ether oxygens (including phenoxy) is 2. The van der Waals surface area contributed by atoms with Crippen LogP contribution in [0.25, 0.3) is 0 Å².